The van der Waals surface area contributed by atoms with Crippen LogP contribution in [-0.2, 0) is 4.79 Å². The first-order chi connectivity index (χ1) is 14.7. The molecule has 1 rings (SSSR count). The smallest absolute Gasteiger partial charge is 0.314 e. The molecule has 31 heavy (non-hydrogen) atoms. The van der Waals surface area contributed by atoms with Gasteiger partial charge < -0.3 is 25.8 Å². The Morgan fingerprint density at radius 3 is 2.35 bits per heavy atom. The maximum absolute atomic E-state index is 12.0. The van der Waals surface area contributed by atoms with Crippen LogP contribution in [0.25, 0.3) is 0 Å². The van der Waals surface area contributed by atoms with Gasteiger partial charge in [-0.25, -0.2) is 4.79 Å². The van der Waals surface area contributed by atoms with Gasteiger partial charge in [0.15, 0.2) is 5.78 Å². The van der Waals surface area contributed by atoms with E-state index in [9.17, 15) is 9.59 Å². The summed E-state index contributed by atoms with van der Waals surface area (Å²) in [5.74, 6) is 1.01. The summed E-state index contributed by atoms with van der Waals surface area (Å²) >= 11 is 0. The van der Waals surface area contributed by atoms with Crippen LogP contribution in [0.3, 0.4) is 0 Å². The highest BCUT2D eigenvalue weighted by molar-refractivity contribution is 5.96. The number of carbonyl (C=O) groups excluding carboxylic acids is 2. The molecule has 184 valence electrons. The number of carbonyl (C=O) groups is 2. The molecule has 0 aromatic rings. The zero-order valence-corrected chi connectivity index (χ0v) is 21.1. The van der Waals surface area contributed by atoms with Gasteiger partial charge >= 0.3 is 6.03 Å². The molecule has 0 spiro atoms. The van der Waals surface area contributed by atoms with Crippen molar-refractivity contribution in [1.29, 1.82) is 0 Å². The maximum atomic E-state index is 12.0. The van der Waals surface area contributed by atoms with E-state index in [0.717, 1.165) is 57.6 Å². The van der Waals surface area contributed by atoms with Crippen molar-refractivity contribution >= 4 is 11.8 Å². The molecule has 1 aliphatic rings. The lowest BCUT2D eigenvalue weighted by Gasteiger charge is -2.23. The van der Waals surface area contributed by atoms with Gasteiger partial charge in [-0.3, -0.25) is 4.79 Å². The van der Waals surface area contributed by atoms with E-state index in [1.807, 2.05) is 35.1 Å². The van der Waals surface area contributed by atoms with Crippen LogP contribution < -0.4 is 11.1 Å². The van der Waals surface area contributed by atoms with Gasteiger partial charge in [0, 0.05) is 27.5 Å². The topological polar surface area (TPSA) is 81.9 Å². The Bertz CT molecular complexity index is 527. The number of hydrogen-bond donors (Lipinski definition) is 2. The number of allylic oxidation sites excluding steroid dienone is 1. The summed E-state index contributed by atoms with van der Waals surface area (Å²) in [6.07, 6.45) is 9.64. The summed E-state index contributed by atoms with van der Waals surface area (Å²) in [5, 5.41) is 3.43. The first-order valence-electron chi connectivity index (χ1n) is 12.0. The van der Waals surface area contributed by atoms with Crippen LogP contribution in [0.15, 0.2) is 11.6 Å². The average molecular weight is 442 g/mol. The lowest BCUT2D eigenvalue weighted by atomic mass is 9.82. The minimum atomic E-state index is -0.323. The first kappa shape index (κ1) is 29.6. The molecule has 0 radical (unpaired) electrons. The molecule has 3 N–H and O–H groups in total. The van der Waals surface area contributed by atoms with Crippen molar-refractivity contribution in [3.63, 3.8) is 0 Å². The van der Waals surface area contributed by atoms with Crippen LogP contribution in [0.1, 0.15) is 60.2 Å². The molecule has 7 heteroatoms. The Balaban J connectivity index is 0. The van der Waals surface area contributed by atoms with E-state index in [2.05, 4.69) is 28.1 Å². The molecule has 1 fully saturated rings. The highest BCUT2D eigenvalue weighted by Crippen LogP contribution is 2.28. The van der Waals surface area contributed by atoms with Crippen LogP contribution in [0.4, 0.5) is 4.79 Å². The number of rotatable bonds is 13. The molecule has 0 heterocycles. The zero-order chi connectivity index (χ0) is 23.6. The van der Waals surface area contributed by atoms with Crippen LogP contribution in [0, 0.1) is 5.92 Å². The number of hydrogen-bond acceptors (Lipinski definition) is 5. The predicted molar refractivity (Wildman–Crippen MR) is 133 cm³/mol. The number of ketones is 1. The van der Waals surface area contributed by atoms with Crippen molar-refractivity contribution in [3.8, 4) is 0 Å². The van der Waals surface area contributed by atoms with E-state index < -0.39 is 0 Å². The molecule has 0 aromatic carbocycles. The number of nitrogens with two attached hydrogens (primary N) is 1. The molecule has 2 amide bonds. The number of nitrogens with zero attached hydrogens (tertiary/aromatic N) is 3. The number of urea groups is 1. The van der Waals surface area contributed by atoms with E-state index in [4.69, 9.17) is 5.73 Å². The van der Waals surface area contributed by atoms with Gasteiger partial charge in [0.25, 0.3) is 0 Å². The molecule has 0 aliphatic heterocycles. The lowest BCUT2D eigenvalue weighted by Crippen LogP contribution is -2.37. The summed E-state index contributed by atoms with van der Waals surface area (Å²) < 4.78 is 0. The first-order valence-corrected chi connectivity index (χ1v) is 12.0. The highest BCUT2D eigenvalue weighted by atomic mass is 16.2. The van der Waals surface area contributed by atoms with Gasteiger partial charge in [0.1, 0.15) is 0 Å². The minimum absolute atomic E-state index is 0. The monoisotopic (exact) mass is 441 g/mol. The highest BCUT2D eigenvalue weighted by Gasteiger charge is 2.22. The standard InChI is InChI=1S/C16H30N2O.C8H19N3O.H2/c1-4-10-17-11-5-6-14-7-8-15(16(19)13-14)9-12-18(2)3;1-4-11(8(9)12)7-5-6-10(2)3;/h9,14,17H,4-8,10-13H2,1-3H3;4-7H2,1-3H3,(H2,9,12);1H/b15-9+;;/t14-;;/m0../s1. The number of primary amides is 1. The van der Waals surface area contributed by atoms with Gasteiger partial charge in [-0.2, -0.15) is 0 Å². The molecule has 0 unspecified atom stereocenters. The Kier molecular flexibility index (Phi) is 17.3. The van der Waals surface area contributed by atoms with E-state index in [0.29, 0.717) is 18.2 Å². The van der Waals surface area contributed by atoms with Gasteiger partial charge in [0.05, 0.1) is 0 Å². The van der Waals surface area contributed by atoms with Crippen molar-refractivity contribution in [2.75, 3.05) is 67.5 Å². The third kappa shape index (κ3) is 15.9. The van der Waals surface area contributed by atoms with E-state index in [1.165, 1.54) is 25.7 Å². The third-order valence-corrected chi connectivity index (χ3v) is 5.48. The molecule has 0 bridgehead atoms. The van der Waals surface area contributed by atoms with Crippen LogP contribution in [0.2, 0.25) is 0 Å². The molecule has 1 aliphatic carbocycles. The SMILES string of the molecule is CCCNCCC[C@H]1CC/C(=C\CN(C)C)C(=O)C1.CCN(CCCN(C)C)C(N)=O.[HH]. The van der Waals surface area contributed by atoms with Crippen molar-refractivity contribution < 1.29 is 11.0 Å². The lowest BCUT2D eigenvalue weighted by molar-refractivity contribution is -0.117. The van der Waals surface area contributed by atoms with E-state index >= 15 is 0 Å². The van der Waals surface area contributed by atoms with Crippen LogP contribution in [-0.4, -0.2) is 94.0 Å². The predicted octanol–water partition coefficient (Wildman–Crippen LogP) is 3.21. The number of amides is 2. The summed E-state index contributed by atoms with van der Waals surface area (Å²) in [6.45, 7) is 9.65. The van der Waals surface area contributed by atoms with Gasteiger partial charge in [-0.1, -0.05) is 13.0 Å². The molecule has 0 saturated heterocycles. The third-order valence-electron chi connectivity index (χ3n) is 5.48. The maximum Gasteiger partial charge on any atom is 0.314 e. The number of Topliss-reactive ketones (excluding diaryl/α,β-unsaturated/α-hetero) is 1. The Morgan fingerprint density at radius 1 is 1.13 bits per heavy atom. The fraction of sp³-hybridized carbons (Fsp3) is 0.833. The molecular weight excluding hydrogens is 390 g/mol. The molecule has 1 saturated carbocycles. The minimum Gasteiger partial charge on any atom is -0.351 e. The fourth-order valence-electron chi connectivity index (χ4n) is 3.57. The van der Waals surface area contributed by atoms with Gasteiger partial charge in [-0.05, 0) is 105 Å². The quantitative estimate of drug-likeness (QED) is 0.339. The largest absolute Gasteiger partial charge is 0.351 e. The van der Waals surface area contributed by atoms with Crippen molar-refractivity contribution in [2.24, 2.45) is 11.7 Å². The summed E-state index contributed by atoms with van der Waals surface area (Å²) in [4.78, 5) is 28.6. The molecule has 1 atom stereocenters. The normalized spacial score (nSPS) is 17.7. The molecular formula is C24H51N5O2. The zero-order valence-electron chi connectivity index (χ0n) is 21.1. The fourth-order valence-corrected chi connectivity index (χ4v) is 3.57. The second kappa shape index (κ2) is 18.2. The van der Waals surface area contributed by atoms with Crippen molar-refractivity contribution in [1.82, 2.24) is 20.0 Å². The van der Waals surface area contributed by atoms with E-state index in [1.54, 1.807) is 4.90 Å². The number of likely N-dealkylation sites (N-methyl/N-ethyl adjacent to an activating group) is 1. The Labute approximate surface area is 192 Å². The summed E-state index contributed by atoms with van der Waals surface area (Å²) in [5.41, 5.74) is 6.20. The van der Waals surface area contributed by atoms with E-state index in [-0.39, 0.29) is 7.46 Å². The summed E-state index contributed by atoms with van der Waals surface area (Å²) in [6, 6.07) is -0.323. The second-order valence-corrected chi connectivity index (χ2v) is 8.99. The van der Waals surface area contributed by atoms with Gasteiger partial charge in [-0.15, -0.1) is 0 Å². The van der Waals surface area contributed by atoms with Crippen LogP contribution >= 0.6 is 0 Å². The van der Waals surface area contributed by atoms with Gasteiger partial charge in [0.2, 0.25) is 0 Å². The Morgan fingerprint density at radius 2 is 1.84 bits per heavy atom. The van der Waals surface area contributed by atoms with Crippen molar-refractivity contribution in [3.05, 3.63) is 11.6 Å². The molecule has 7 nitrogen and oxygen atoms in total. The van der Waals surface area contributed by atoms with Crippen LogP contribution in [0.5, 0.6) is 0 Å². The Hall–Kier alpha value is -1.44. The average Bonchev–Trinajstić information content (AvgIpc) is 2.70. The van der Waals surface area contributed by atoms with Crippen molar-refractivity contribution in [2.45, 2.75) is 58.8 Å². The number of nitrogens with one attached hydrogen (secondary N) is 1. The summed E-state index contributed by atoms with van der Waals surface area (Å²) in [7, 11) is 8.11. The second-order valence-electron chi connectivity index (χ2n) is 8.99. The molecule has 0 aromatic heterocycles.